The Labute approximate surface area is 160 Å². The summed E-state index contributed by atoms with van der Waals surface area (Å²) < 4.78 is 20.2. The van der Waals surface area contributed by atoms with Crippen LogP contribution in [-0.4, -0.2) is 33.4 Å². The summed E-state index contributed by atoms with van der Waals surface area (Å²) in [6, 6.07) is 12.8. The fourth-order valence-electron chi connectivity index (χ4n) is 3.29. The molecule has 144 valence electrons. The lowest BCUT2D eigenvalue weighted by molar-refractivity contribution is 0.258. The lowest BCUT2D eigenvalue weighted by Crippen LogP contribution is -2.22. The first-order chi connectivity index (χ1) is 13.7. The van der Waals surface area contributed by atoms with Crippen molar-refractivity contribution in [2.24, 2.45) is 0 Å². The molecule has 0 saturated heterocycles. The number of benzene rings is 2. The Bertz CT molecular complexity index is 1190. The van der Waals surface area contributed by atoms with Gasteiger partial charge in [0.15, 0.2) is 17.3 Å². The van der Waals surface area contributed by atoms with Crippen LogP contribution in [0.3, 0.4) is 0 Å². The number of fused-ring (bicyclic) bond motifs is 3. The van der Waals surface area contributed by atoms with Gasteiger partial charge in [0.1, 0.15) is 6.61 Å². The summed E-state index contributed by atoms with van der Waals surface area (Å²) in [5.41, 5.74) is 0.652. The van der Waals surface area contributed by atoms with E-state index in [0.29, 0.717) is 40.8 Å². The fourth-order valence-corrected chi connectivity index (χ4v) is 3.29. The van der Waals surface area contributed by atoms with Crippen molar-refractivity contribution in [3.05, 3.63) is 58.6 Å². The summed E-state index contributed by atoms with van der Waals surface area (Å²) in [6.45, 7) is 2.52. The second-order valence-electron chi connectivity index (χ2n) is 6.10. The van der Waals surface area contributed by atoms with E-state index in [-0.39, 0.29) is 12.2 Å². The van der Waals surface area contributed by atoms with Gasteiger partial charge < -0.3 is 14.2 Å². The number of methoxy groups -OCH3 is 2. The summed E-state index contributed by atoms with van der Waals surface area (Å²) >= 11 is 0. The summed E-state index contributed by atoms with van der Waals surface area (Å²) in [5.74, 6) is 2.66. The van der Waals surface area contributed by atoms with Crippen LogP contribution in [0.5, 0.6) is 17.2 Å². The molecular weight excluding hydrogens is 360 g/mol. The highest BCUT2D eigenvalue weighted by atomic mass is 16.5. The van der Waals surface area contributed by atoms with Crippen LogP contribution in [0.1, 0.15) is 12.7 Å². The molecule has 2 heterocycles. The van der Waals surface area contributed by atoms with Crippen molar-refractivity contribution in [3.63, 3.8) is 0 Å². The number of ether oxygens (including phenoxy) is 3. The number of aromatic nitrogens is 4. The largest absolute Gasteiger partial charge is 0.493 e. The number of aryl methyl sites for hydroxylation is 1. The molecule has 0 saturated carbocycles. The molecule has 4 rings (SSSR count). The molecule has 0 radical (unpaired) electrons. The van der Waals surface area contributed by atoms with E-state index in [2.05, 4.69) is 10.2 Å². The average molecular weight is 380 g/mol. The van der Waals surface area contributed by atoms with Gasteiger partial charge in [0.05, 0.1) is 25.1 Å². The molecule has 0 atom stereocenters. The minimum atomic E-state index is -0.0862. The maximum Gasteiger partial charge on any atom is 0.262 e. The first kappa shape index (κ1) is 17.8. The van der Waals surface area contributed by atoms with Crippen LogP contribution in [0.2, 0.25) is 0 Å². The Morgan fingerprint density at radius 3 is 2.36 bits per heavy atom. The van der Waals surface area contributed by atoms with Gasteiger partial charge in [0.2, 0.25) is 11.5 Å². The van der Waals surface area contributed by atoms with Gasteiger partial charge in [0.25, 0.3) is 5.56 Å². The minimum absolute atomic E-state index is 0.0862. The predicted molar refractivity (Wildman–Crippen MR) is 104 cm³/mol. The van der Waals surface area contributed by atoms with Crippen molar-refractivity contribution in [1.29, 1.82) is 0 Å². The molecular formula is C20H20N4O4. The second kappa shape index (κ2) is 7.22. The van der Waals surface area contributed by atoms with Crippen LogP contribution in [0.15, 0.2) is 47.3 Å². The number of rotatable bonds is 6. The first-order valence-corrected chi connectivity index (χ1v) is 8.89. The zero-order valence-electron chi connectivity index (χ0n) is 15.9. The molecule has 0 unspecified atom stereocenters. The van der Waals surface area contributed by atoms with Crippen LogP contribution < -0.4 is 19.8 Å². The molecule has 0 aliphatic rings. The van der Waals surface area contributed by atoms with E-state index < -0.39 is 0 Å². The number of nitrogens with zero attached hydrogens (tertiary/aromatic N) is 4. The summed E-state index contributed by atoms with van der Waals surface area (Å²) in [4.78, 5) is 12.7. The lowest BCUT2D eigenvalue weighted by Gasteiger charge is -2.14. The Balaban J connectivity index is 1.84. The zero-order valence-corrected chi connectivity index (χ0v) is 15.9. The topological polar surface area (TPSA) is 79.9 Å². The molecule has 4 aromatic rings. The Morgan fingerprint density at radius 1 is 0.964 bits per heavy atom. The number of hydrogen-bond acceptors (Lipinski definition) is 6. The minimum Gasteiger partial charge on any atom is -0.493 e. The molecule has 0 spiro atoms. The van der Waals surface area contributed by atoms with Crippen molar-refractivity contribution in [2.75, 3.05) is 14.2 Å². The van der Waals surface area contributed by atoms with Crippen molar-refractivity contribution in [1.82, 2.24) is 19.2 Å². The van der Waals surface area contributed by atoms with Gasteiger partial charge in [-0.05, 0) is 31.2 Å². The van der Waals surface area contributed by atoms with Crippen LogP contribution in [0.25, 0.3) is 16.7 Å². The van der Waals surface area contributed by atoms with Gasteiger partial charge in [-0.1, -0.05) is 18.2 Å². The van der Waals surface area contributed by atoms with Crippen LogP contribution in [0, 0.1) is 0 Å². The highest BCUT2D eigenvalue weighted by molar-refractivity contribution is 5.80. The molecule has 2 aromatic carbocycles. The quantitative estimate of drug-likeness (QED) is 0.512. The van der Waals surface area contributed by atoms with Gasteiger partial charge in [0, 0.05) is 6.54 Å². The normalized spacial score (nSPS) is 11.1. The van der Waals surface area contributed by atoms with Gasteiger partial charge in [-0.2, -0.15) is 0 Å². The zero-order chi connectivity index (χ0) is 19.7. The van der Waals surface area contributed by atoms with Crippen molar-refractivity contribution >= 4 is 16.7 Å². The lowest BCUT2D eigenvalue weighted by atomic mass is 10.2. The van der Waals surface area contributed by atoms with Crippen molar-refractivity contribution in [2.45, 2.75) is 20.1 Å². The average Bonchev–Trinajstić information content (AvgIpc) is 3.16. The van der Waals surface area contributed by atoms with Crippen LogP contribution in [-0.2, 0) is 13.2 Å². The summed E-state index contributed by atoms with van der Waals surface area (Å²) in [7, 11) is 3.14. The Hall–Kier alpha value is -3.55. The fraction of sp³-hybridized carbons (Fsp3) is 0.250. The smallest absolute Gasteiger partial charge is 0.262 e. The molecule has 0 fully saturated rings. The van der Waals surface area contributed by atoms with E-state index in [1.54, 1.807) is 37.0 Å². The van der Waals surface area contributed by atoms with Gasteiger partial charge in [-0.25, -0.2) is 0 Å². The molecule has 8 nitrogen and oxygen atoms in total. The Kier molecular flexibility index (Phi) is 4.60. The van der Waals surface area contributed by atoms with Crippen molar-refractivity contribution < 1.29 is 14.2 Å². The third-order valence-electron chi connectivity index (χ3n) is 4.62. The first-order valence-electron chi connectivity index (χ1n) is 8.89. The van der Waals surface area contributed by atoms with Gasteiger partial charge in [-0.3, -0.25) is 13.8 Å². The van der Waals surface area contributed by atoms with E-state index in [4.69, 9.17) is 14.2 Å². The summed E-state index contributed by atoms with van der Waals surface area (Å²) in [5, 5.41) is 9.10. The monoisotopic (exact) mass is 380 g/mol. The third-order valence-corrected chi connectivity index (χ3v) is 4.62. The molecule has 0 amide bonds. The molecule has 2 aromatic heterocycles. The van der Waals surface area contributed by atoms with E-state index in [9.17, 15) is 4.79 Å². The van der Waals surface area contributed by atoms with Crippen molar-refractivity contribution in [3.8, 4) is 17.2 Å². The summed E-state index contributed by atoms with van der Waals surface area (Å²) in [6.07, 6.45) is 0. The number of para-hydroxylation sites is 2. The molecule has 8 heteroatoms. The molecule has 0 aliphatic heterocycles. The molecule has 28 heavy (non-hydrogen) atoms. The maximum absolute atomic E-state index is 12.7. The highest BCUT2D eigenvalue weighted by Gasteiger charge is 2.18. The maximum atomic E-state index is 12.7. The third kappa shape index (κ3) is 2.74. The molecule has 0 aliphatic carbocycles. The SMILES string of the molecule is CCn1c(=O)c2ccccc2n2c(COc3c(OC)cccc3OC)nnc12. The van der Waals surface area contributed by atoms with E-state index >= 15 is 0 Å². The highest BCUT2D eigenvalue weighted by Crippen LogP contribution is 2.37. The van der Waals surface area contributed by atoms with Gasteiger partial charge >= 0.3 is 0 Å². The van der Waals surface area contributed by atoms with Crippen LogP contribution in [0.4, 0.5) is 0 Å². The van der Waals surface area contributed by atoms with E-state index in [1.165, 1.54) is 0 Å². The number of hydrogen-bond donors (Lipinski definition) is 0. The second-order valence-corrected chi connectivity index (χ2v) is 6.10. The van der Waals surface area contributed by atoms with Crippen LogP contribution >= 0.6 is 0 Å². The predicted octanol–water partition coefficient (Wildman–Crippen LogP) is 2.66. The molecule has 0 N–H and O–H groups in total. The molecule has 0 bridgehead atoms. The van der Waals surface area contributed by atoms with E-state index in [0.717, 1.165) is 5.52 Å². The standard InChI is InChI=1S/C20H20N4O4/c1-4-23-19(25)13-8-5-6-9-14(13)24-17(21-22-20(23)24)12-28-18-15(26-2)10-7-11-16(18)27-3/h5-11H,4,12H2,1-3H3. The Morgan fingerprint density at radius 2 is 1.68 bits per heavy atom. The van der Waals surface area contributed by atoms with Gasteiger partial charge in [-0.15, -0.1) is 10.2 Å². The van der Waals surface area contributed by atoms with E-state index in [1.807, 2.05) is 35.6 Å².